The summed E-state index contributed by atoms with van der Waals surface area (Å²) in [6.07, 6.45) is 7.40. The van der Waals surface area contributed by atoms with E-state index in [9.17, 15) is 0 Å². The van der Waals surface area contributed by atoms with Gasteiger partial charge in [-0.2, -0.15) is 0 Å². The van der Waals surface area contributed by atoms with E-state index in [2.05, 4.69) is 11.9 Å². The fourth-order valence-electron chi connectivity index (χ4n) is 1.53. The van der Waals surface area contributed by atoms with Crippen molar-refractivity contribution >= 4 is 0 Å². The lowest BCUT2D eigenvalue weighted by molar-refractivity contribution is 0.102. The van der Waals surface area contributed by atoms with E-state index < -0.39 is 0 Å². The Labute approximate surface area is 75.0 Å². The monoisotopic (exact) mass is 169 g/mol. The largest absolute Gasteiger partial charge is 0.378 e. The fourth-order valence-corrected chi connectivity index (χ4v) is 1.53. The van der Waals surface area contributed by atoms with Crippen LogP contribution in [0, 0.1) is 0 Å². The molecule has 0 spiro atoms. The van der Waals surface area contributed by atoms with Crippen LogP contribution in [-0.4, -0.2) is 25.8 Å². The summed E-state index contributed by atoms with van der Waals surface area (Å²) in [6.45, 7) is 6.64. The lowest BCUT2D eigenvalue weighted by Gasteiger charge is -2.08. The zero-order valence-corrected chi connectivity index (χ0v) is 7.72. The molecule has 1 fully saturated rings. The molecule has 0 aliphatic carbocycles. The summed E-state index contributed by atoms with van der Waals surface area (Å²) < 4.78 is 5.51. The van der Waals surface area contributed by atoms with Crippen LogP contribution in [0.5, 0.6) is 0 Å². The predicted octanol–water partition coefficient (Wildman–Crippen LogP) is 1.72. The van der Waals surface area contributed by atoms with Crippen LogP contribution >= 0.6 is 0 Å². The third kappa shape index (κ3) is 3.88. The Kier molecular flexibility index (Phi) is 5.04. The lowest BCUT2D eigenvalue weighted by atomic mass is 10.1. The van der Waals surface area contributed by atoms with Crippen LogP contribution in [-0.2, 0) is 4.74 Å². The molecule has 0 amide bonds. The van der Waals surface area contributed by atoms with Crippen molar-refractivity contribution in [2.45, 2.75) is 31.8 Å². The SMILES string of the molecule is C=CCNCCCC1CCCO1. The second-order valence-corrected chi connectivity index (χ2v) is 3.27. The van der Waals surface area contributed by atoms with Crippen molar-refractivity contribution in [2.24, 2.45) is 0 Å². The van der Waals surface area contributed by atoms with E-state index >= 15 is 0 Å². The summed E-state index contributed by atoms with van der Waals surface area (Å²) in [6, 6.07) is 0. The van der Waals surface area contributed by atoms with Gasteiger partial charge in [-0.3, -0.25) is 0 Å². The van der Waals surface area contributed by atoms with Gasteiger partial charge in [-0.1, -0.05) is 6.08 Å². The maximum Gasteiger partial charge on any atom is 0.0576 e. The van der Waals surface area contributed by atoms with Crippen LogP contribution in [0.1, 0.15) is 25.7 Å². The summed E-state index contributed by atoms with van der Waals surface area (Å²) >= 11 is 0. The molecule has 1 N–H and O–H groups in total. The molecule has 1 aliphatic rings. The van der Waals surface area contributed by atoms with Crippen molar-refractivity contribution in [3.05, 3.63) is 12.7 Å². The second kappa shape index (κ2) is 6.21. The summed E-state index contributed by atoms with van der Waals surface area (Å²) in [5.41, 5.74) is 0. The highest BCUT2D eigenvalue weighted by molar-refractivity contribution is 4.70. The van der Waals surface area contributed by atoms with Gasteiger partial charge in [-0.05, 0) is 32.2 Å². The molecule has 0 bridgehead atoms. The number of hydrogen-bond acceptors (Lipinski definition) is 2. The molecule has 1 unspecified atom stereocenters. The quantitative estimate of drug-likeness (QED) is 0.483. The average molecular weight is 169 g/mol. The summed E-state index contributed by atoms with van der Waals surface area (Å²) in [4.78, 5) is 0. The zero-order chi connectivity index (χ0) is 8.65. The van der Waals surface area contributed by atoms with Crippen molar-refractivity contribution in [2.75, 3.05) is 19.7 Å². The van der Waals surface area contributed by atoms with Crippen LogP contribution in [0.3, 0.4) is 0 Å². The smallest absolute Gasteiger partial charge is 0.0576 e. The molecule has 1 aliphatic heterocycles. The number of rotatable bonds is 6. The molecule has 1 atom stereocenters. The molecule has 0 aromatic rings. The summed E-state index contributed by atoms with van der Waals surface area (Å²) in [7, 11) is 0. The molecule has 12 heavy (non-hydrogen) atoms. The van der Waals surface area contributed by atoms with E-state index in [1.165, 1.54) is 25.7 Å². The summed E-state index contributed by atoms with van der Waals surface area (Å²) in [5.74, 6) is 0. The normalized spacial score (nSPS) is 22.8. The molecule has 2 nitrogen and oxygen atoms in total. The van der Waals surface area contributed by atoms with Gasteiger partial charge in [0.1, 0.15) is 0 Å². The van der Waals surface area contributed by atoms with Crippen molar-refractivity contribution < 1.29 is 4.74 Å². The van der Waals surface area contributed by atoms with Gasteiger partial charge in [-0.25, -0.2) is 0 Å². The Morgan fingerprint density at radius 2 is 2.50 bits per heavy atom. The molecule has 1 rings (SSSR count). The van der Waals surface area contributed by atoms with Crippen LogP contribution in [0.15, 0.2) is 12.7 Å². The average Bonchev–Trinajstić information content (AvgIpc) is 2.57. The summed E-state index contributed by atoms with van der Waals surface area (Å²) in [5, 5.41) is 3.29. The van der Waals surface area contributed by atoms with Gasteiger partial charge in [0.25, 0.3) is 0 Å². The Bertz CT molecular complexity index is 119. The van der Waals surface area contributed by atoms with E-state index in [0.717, 1.165) is 19.7 Å². The van der Waals surface area contributed by atoms with Gasteiger partial charge < -0.3 is 10.1 Å². The van der Waals surface area contributed by atoms with Gasteiger partial charge >= 0.3 is 0 Å². The Hall–Kier alpha value is -0.340. The van der Waals surface area contributed by atoms with Crippen LogP contribution in [0.25, 0.3) is 0 Å². The van der Waals surface area contributed by atoms with Gasteiger partial charge in [0.15, 0.2) is 0 Å². The molecule has 0 aromatic heterocycles. The molecule has 2 heteroatoms. The minimum Gasteiger partial charge on any atom is -0.378 e. The maximum absolute atomic E-state index is 5.51. The Morgan fingerprint density at radius 1 is 1.58 bits per heavy atom. The van der Waals surface area contributed by atoms with Gasteiger partial charge in [0.2, 0.25) is 0 Å². The van der Waals surface area contributed by atoms with E-state index in [1.807, 2.05) is 6.08 Å². The third-order valence-electron chi connectivity index (χ3n) is 2.19. The highest BCUT2D eigenvalue weighted by Gasteiger charge is 2.13. The minimum absolute atomic E-state index is 0.551. The third-order valence-corrected chi connectivity index (χ3v) is 2.19. The van der Waals surface area contributed by atoms with Gasteiger partial charge in [-0.15, -0.1) is 6.58 Å². The van der Waals surface area contributed by atoms with E-state index in [0.29, 0.717) is 6.10 Å². The highest BCUT2D eigenvalue weighted by Crippen LogP contribution is 2.16. The maximum atomic E-state index is 5.51. The molecule has 0 radical (unpaired) electrons. The molecule has 1 heterocycles. The van der Waals surface area contributed by atoms with Gasteiger partial charge in [0, 0.05) is 13.2 Å². The minimum atomic E-state index is 0.551. The molecule has 70 valence electrons. The zero-order valence-electron chi connectivity index (χ0n) is 7.72. The Balaban J connectivity index is 1.84. The first-order chi connectivity index (χ1) is 5.93. The second-order valence-electron chi connectivity index (χ2n) is 3.27. The molecule has 1 saturated heterocycles. The standard InChI is InChI=1S/C10H19NO/c1-2-7-11-8-3-5-10-6-4-9-12-10/h2,10-11H,1,3-9H2. The molecular formula is C10H19NO. The van der Waals surface area contributed by atoms with Gasteiger partial charge in [0.05, 0.1) is 6.10 Å². The Morgan fingerprint density at radius 3 is 3.17 bits per heavy atom. The first-order valence-corrected chi connectivity index (χ1v) is 4.86. The van der Waals surface area contributed by atoms with Crippen LogP contribution in [0.4, 0.5) is 0 Å². The number of nitrogens with one attached hydrogen (secondary N) is 1. The first kappa shape index (κ1) is 9.75. The topological polar surface area (TPSA) is 21.3 Å². The fraction of sp³-hybridized carbons (Fsp3) is 0.800. The molecular weight excluding hydrogens is 150 g/mol. The molecule has 0 aromatic carbocycles. The van der Waals surface area contributed by atoms with Crippen molar-refractivity contribution in [1.29, 1.82) is 0 Å². The number of ether oxygens (including phenoxy) is 1. The van der Waals surface area contributed by atoms with E-state index in [-0.39, 0.29) is 0 Å². The highest BCUT2D eigenvalue weighted by atomic mass is 16.5. The number of hydrogen-bond donors (Lipinski definition) is 1. The first-order valence-electron chi connectivity index (χ1n) is 4.86. The van der Waals surface area contributed by atoms with E-state index in [1.54, 1.807) is 0 Å². The van der Waals surface area contributed by atoms with Crippen molar-refractivity contribution in [3.63, 3.8) is 0 Å². The molecule has 0 saturated carbocycles. The lowest BCUT2D eigenvalue weighted by Crippen LogP contribution is -2.16. The van der Waals surface area contributed by atoms with Crippen LogP contribution in [0.2, 0.25) is 0 Å². The predicted molar refractivity (Wildman–Crippen MR) is 51.3 cm³/mol. The van der Waals surface area contributed by atoms with E-state index in [4.69, 9.17) is 4.74 Å². The van der Waals surface area contributed by atoms with Crippen LogP contribution < -0.4 is 5.32 Å². The van der Waals surface area contributed by atoms with Crippen molar-refractivity contribution in [1.82, 2.24) is 5.32 Å². The van der Waals surface area contributed by atoms with Crippen molar-refractivity contribution in [3.8, 4) is 0 Å².